The molecule has 2 unspecified atom stereocenters. The summed E-state index contributed by atoms with van der Waals surface area (Å²) in [6.45, 7) is 7.98. The Balaban J connectivity index is 1.76. The van der Waals surface area contributed by atoms with Crippen LogP contribution in [0.5, 0.6) is 5.75 Å². The molecule has 9 nitrogen and oxygen atoms in total. The number of ether oxygens (including phenoxy) is 2. The Bertz CT molecular complexity index is 1750. The number of hydrogen-bond donors (Lipinski definition) is 2. The highest BCUT2D eigenvalue weighted by Crippen LogP contribution is 2.52. The third-order valence-electron chi connectivity index (χ3n) is 8.08. The SMILES string of the molecule is C=C(Cl)/C=C\C=C(/F)C1[C@H](C(=O)N(C)c2ccc(C(=O)OCC)cc2)CC1(NCc1cccc(OCC)c1)C(=O)c1ccc(Cl)nc1N. The van der Waals surface area contributed by atoms with E-state index in [2.05, 4.69) is 16.9 Å². The molecule has 1 aromatic heterocycles. The van der Waals surface area contributed by atoms with E-state index in [0.29, 0.717) is 23.6 Å². The third kappa shape index (κ3) is 8.13. The van der Waals surface area contributed by atoms with Crippen molar-refractivity contribution in [1.29, 1.82) is 0 Å². The normalized spacial score (nSPS) is 19.0. The number of esters is 1. The molecule has 1 aliphatic carbocycles. The van der Waals surface area contributed by atoms with Crippen LogP contribution in [0.2, 0.25) is 5.15 Å². The van der Waals surface area contributed by atoms with Crippen molar-refractivity contribution < 1.29 is 28.2 Å². The van der Waals surface area contributed by atoms with Crippen molar-refractivity contribution in [1.82, 2.24) is 10.3 Å². The summed E-state index contributed by atoms with van der Waals surface area (Å²) in [7, 11) is 1.55. The van der Waals surface area contributed by atoms with Crippen LogP contribution in [0.3, 0.4) is 0 Å². The number of benzene rings is 2. The highest BCUT2D eigenvalue weighted by Gasteiger charge is 2.63. The molecular weight excluding hydrogens is 658 g/mol. The summed E-state index contributed by atoms with van der Waals surface area (Å²) in [6, 6.07) is 16.4. The average molecular weight is 696 g/mol. The van der Waals surface area contributed by atoms with Gasteiger partial charge in [-0.1, -0.05) is 48.0 Å². The van der Waals surface area contributed by atoms with E-state index in [1.54, 1.807) is 38.2 Å². The lowest BCUT2D eigenvalue weighted by Crippen LogP contribution is -2.70. The van der Waals surface area contributed by atoms with E-state index < -0.39 is 40.9 Å². The number of carbonyl (C=O) groups is 3. The molecule has 3 N–H and O–H groups in total. The molecule has 3 atom stereocenters. The molecule has 0 aliphatic heterocycles. The van der Waals surface area contributed by atoms with Gasteiger partial charge in [-0.2, -0.15) is 0 Å². The summed E-state index contributed by atoms with van der Waals surface area (Å²) in [6.07, 6.45) is 3.85. The van der Waals surface area contributed by atoms with Crippen molar-refractivity contribution in [2.45, 2.75) is 32.4 Å². The molecule has 0 saturated heterocycles. The first-order chi connectivity index (χ1) is 22.9. The van der Waals surface area contributed by atoms with E-state index in [-0.39, 0.29) is 41.1 Å². The van der Waals surface area contributed by atoms with Crippen molar-refractivity contribution in [3.05, 3.63) is 118 Å². The minimum Gasteiger partial charge on any atom is -0.494 e. The van der Waals surface area contributed by atoms with Gasteiger partial charge in [-0.25, -0.2) is 14.2 Å². The van der Waals surface area contributed by atoms with Crippen molar-refractivity contribution in [2.75, 3.05) is 30.9 Å². The first-order valence-electron chi connectivity index (χ1n) is 15.3. The van der Waals surface area contributed by atoms with Crippen LogP contribution < -0.4 is 20.7 Å². The number of halogens is 3. The average Bonchev–Trinajstić information content (AvgIpc) is 3.04. The number of carbonyl (C=O) groups excluding carboxylic acids is 3. The van der Waals surface area contributed by atoms with Crippen LogP contribution in [0.25, 0.3) is 0 Å². The zero-order valence-electron chi connectivity index (χ0n) is 26.8. The summed E-state index contributed by atoms with van der Waals surface area (Å²) >= 11 is 11.9. The third-order valence-corrected chi connectivity index (χ3v) is 8.41. The lowest BCUT2D eigenvalue weighted by atomic mass is 9.55. The fourth-order valence-corrected chi connectivity index (χ4v) is 5.97. The van der Waals surface area contributed by atoms with Gasteiger partial charge in [-0.15, -0.1) is 0 Å². The number of ketones is 1. The van der Waals surface area contributed by atoms with Gasteiger partial charge < -0.3 is 20.1 Å². The van der Waals surface area contributed by atoms with Crippen LogP contribution in [0.15, 0.2) is 96.3 Å². The zero-order chi connectivity index (χ0) is 35.0. The Kier molecular flexibility index (Phi) is 12.2. The number of nitrogens with one attached hydrogen (secondary N) is 1. The molecule has 252 valence electrons. The highest BCUT2D eigenvalue weighted by molar-refractivity contribution is 6.30. The van der Waals surface area contributed by atoms with Gasteiger partial charge in [0.25, 0.3) is 0 Å². The topological polar surface area (TPSA) is 124 Å². The number of nitrogen functional groups attached to an aromatic ring is 1. The molecule has 0 spiro atoms. The number of nitrogens with zero attached hydrogens (tertiary/aromatic N) is 2. The lowest BCUT2D eigenvalue weighted by molar-refractivity contribution is -0.130. The number of hydrogen-bond acceptors (Lipinski definition) is 8. The summed E-state index contributed by atoms with van der Waals surface area (Å²) < 4.78 is 27.1. The second-order valence-corrected chi connectivity index (χ2v) is 12.0. The van der Waals surface area contributed by atoms with Crippen molar-refractivity contribution >= 4 is 52.4 Å². The van der Waals surface area contributed by atoms with Gasteiger partial charge >= 0.3 is 5.97 Å². The Morgan fingerprint density at radius 2 is 1.88 bits per heavy atom. The number of amides is 1. The summed E-state index contributed by atoms with van der Waals surface area (Å²) in [5.41, 5.74) is 6.12. The largest absolute Gasteiger partial charge is 0.494 e. The molecule has 12 heteroatoms. The van der Waals surface area contributed by atoms with Crippen LogP contribution in [0.4, 0.5) is 15.9 Å². The van der Waals surface area contributed by atoms with Gasteiger partial charge in [0.15, 0.2) is 5.78 Å². The van der Waals surface area contributed by atoms with Crippen LogP contribution in [0, 0.1) is 11.8 Å². The van der Waals surface area contributed by atoms with Gasteiger partial charge in [0.05, 0.1) is 35.8 Å². The van der Waals surface area contributed by atoms with Crippen molar-refractivity contribution in [2.24, 2.45) is 11.8 Å². The van der Waals surface area contributed by atoms with Crippen LogP contribution in [-0.2, 0) is 16.1 Å². The van der Waals surface area contributed by atoms with Gasteiger partial charge in [0.1, 0.15) is 22.5 Å². The Morgan fingerprint density at radius 3 is 2.52 bits per heavy atom. The molecule has 48 heavy (non-hydrogen) atoms. The number of Topliss-reactive ketones (excluding diaryl/α,β-unsaturated/α-hetero) is 1. The maximum Gasteiger partial charge on any atom is 0.338 e. The van der Waals surface area contributed by atoms with Gasteiger partial charge in [0.2, 0.25) is 5.91 Å². The molecule has 1 heterocycles. The molecule has 1 amide bonds. The first kappa shape index (κ1) is 36.3. The van der Waals surface area contributed by atoms with E-state index in [0.717, 1.165) is 11.6 Å². The number of aromatic nitrogens is 1. The molecular formula is C36H37Cl2FN4O5. The Morgan fingerprint density at radius 1 is 1.15 bits per heavy atom. The summed E-state index contributed by atoms with van der Waals surface area (Å²) in [4.78, 5) is 46.1. The van der Waals surface area contributed by atoms with Gasteiger partial charge in [-0.3, -0.25) is 14.9 Å². The van der Waals surface area contributed by atoms with Crippen molar-refractivity contribution in [3.63, 3.8) is 0 Å². The predicted molar refractivity (Wildman–Crippen MR) is 186 cm³/mol. The molecule has 2 aromatic carbocycles. The smallest absolute Gasteiger partial charge is 0.338 e. The van der Waals surface area contributed by atoms with E-state index >= 15 is 4.39 Å². The fraction of sp³-hybridized carbons (Fsp3) is 0.278. The Labute approximate surface area is 289 Å². The quantitative estimate of drug-likeness (QED) is 0.0795. The van der Waals surface area contributed by atoms with Gasteiger partial charge in [-0.05, 0) is 86.5 Å². The van der Waals surface area contributed by atoms with E-state index in [1.807, 2.05) is 31.2 Å². The van der Waals surface area contributed by atoms with E-state index in [4.69, 9.17) is 38.4 Å². The van der Waals surface area contributed by atoms with Crippen LogP contribution in [-0.4, -0.2) is 48.4 Å². The molecule has 1 fully saturated rings. The maximum absolute atomic E-state index is 16.4. The number of pyridine rings is 1. The standard InChI is InChI=1S/C36H37Cl2FN4O5/c1-5-47-26-11-8-10-23(19-26)21-41-36(32(44)27-17-18-30(38)42-33(27)40)20-28(31(36)29(39)12-7-9-22(3)37)34(45)43(4)25-15-13-24(14-16-25)35(46)48-6-2/h7-19,28,31,41H,3,5-6,20-21H2,1-2,4H3,(H2,40,42)/b9-7-,29-12-/t28-,31?,36?/m1/s1. The molecule has 1 aliphatic rings. The molecule has 0 bridgehead atoms. The van der Waals surface area contributed by atoms with E-state index in [1.165, 1.54) is 29.2 Å². The van der Waals surface area contributed by atoms with Gasteiger partial charge in [0, 0.05) is 30.2 Å². The van der Waals surface area contributed by atoms with Crippen molar-refractivity contribution in [3.8, 4) is 5.75 Å². The molecule has 3 aromatic rings. The first-order valence-corrected chi connectivity index (χ1v) is 16.0. The minimum absolute atomic E-state index is 0.0336. The summed E-state index contributed by atoms with van der Waals surface area (Å²) in [5, 5.41) is 3.55. The number of anilines is 2. The predicted octanol–water partition coefficient (Wildman–Crippen LogP) is 7.07. The zero-order valence-corrected chi connectivity index (χ0v) is 28.4. The Hall–Kier alpha value is -4.51. The number of allylic oxidation sites excluding steroid dienone is 4. The second-order valence-electron chi connectivity index (χ2n) is 11.1. The molecule has 1 saturated carbocycles. The molecule has 0 radical (unpaired) electrons. The highest BCUT2D eigenvalue weighted by atomic mass is 35.5. The van der Waals surface area contributed by atoms with Crippen LogP contribution in [0.1, 0.15) is 46.5 Å². The monoisotopic (exact) mass is 694 g/mol. The maximum atomic E-state index is 16.4. The minimum atomic E-state index is -1.62. The number of rotatable bonds is 14. The summed E-state index contributed by atoms with van der Waals surface area (Å²) in [5.74, 6) is -3.94. The number of nitrogens with two attached hydrogens (primary N) is 1. The van der Waals surface area contributed by atoms with E-state index in [9.17, 15) is 14.4 Å². The van der Waals surface area contributed by atoms with Crippen LogP contribution >= 0.6 is 23.2 Å². The lowest BCUT2D eigenvalue weighted by Gasteiger charge is -2.53. The molecule has 4 rings (SSSR count). The fourth-order valence-electron chi connectivity index (χ4n) is 5.74. The second kappa shape index (κ2) is 16.1.